The van der Waals surface area contributed by atoms with Gasteiger partial charge in [0.15, 0.2) is 5.82 Å². The van der Waals surface area contributed by atoms with Gasteiger partial charge in [-0.25, -0.2) is 4.98 Å². The Morgan fingerprint density at radius 3 is 2.67 bits per heavy atom. The summed E-state index contributed by atoms with van der Waals surface area (Å²) in [6, 6.07) is 9.45. The van der Waals surface area contributed by atoms with Crippen molar-refractivity contribution >= 4 is 5.82 Å². The van der Waals surface area contributed by atoms with Crippen LogP contribution in [-0.4, -0.2) is 15.2 Å². The first-order chi connectivity index (χ1) is 8.66. The molecule has 2 rings (SSSR count). The second-order valence-electron chi connectivity index (χ2n) is 3.82. The van der Waals surface area contributed by atoms with E-state index in [4.69, 9.17) is 0 Å². The molecule has 1 unspecified atom stereocenters. The molecule has 0 saturated carbocycles. The molecule has 1 aromatic heterocycles. The van der Waals surface area contributed by atoms with Gasteiger partial charge >= 0.3 is 0 Å². The van der Waals surface area contributed by atoms with Crippen LogP contribution in [0.5, 0.6) is 11.5 Å². The van der Waals surface area contributed by atoms with E-state index in [9.17, 15) is 10.2 Å². The molecule has 0 spiro atoms. The summed E-state index contributed by atoms with van der Waals surface area (Å²) in [5.74, 6) is 0.537. The Hall–Kier alpha value is -2.43. The number of phenolic OH excluding ortho intramolecular Hbond substituents is 2. The normalized spacial score (nSPS) is 12.7. The molecular weight excluding hydrogens is 230 g/mol. The highest BCUT2D eigenvalue weighted by Gasteiger charge is 2.09. The van der Waals surface area contributed by atoms with E-state index in [1.807, 2.05) is 6.07 Å². The first kappa shape index (κ1) is 12.0. The molecule has 2 N–H and O–H groups in total. The number of pyridine rings is 1. The second-order valence-corrected chi connectivity index (χ2v) is 3.82. The van der Waals surface area contributed by atoms with Crippen LogP contribution < -0.4 is 0 Å². The zero-order valence-corrected chi connectivity index (χ0v) is 9.85. The molecule has 18 heavy (non-hydrogen) atoms. The number of benzene rings is 1. The summed E-state index contributed by atoms with van der Waals surface area (Å²) >= 11 is 0. The Kier molecular flexibility index (Phi) is 3.52. The van der Waals surface area contributed by atoms with E-state index in [1.165, 1.54) is 12.1 Å². The molecule has 0 amide bonds. The largest absolute Gasteiger partial charge is 0.508 e. The van der Waals surface area contributed by atoms with Gasteiger partial charge in [0.2, 0.25) is 0 Å². The number of aromatic hydroxyl groups is 2. The highest BCUT2D eigenvalue weighted by Crippen LogP contribution is 2.30. The van der Waals surface area contributed by atoms with Crippen molar-refractivity contribution in [2.45, 2.75) is 13.0 Å². The summed E-state index contributed by atoms with van der Waals surface area (Å²) < 4.78 is 0. The summed E-state index contributed by atoms with van der Waals surface area (Å²) in [5.41, 5.74) is 0.604. The first-order valence-electron chi connectivity index (χ1n) is 5.50. The zero-order valence-electron chi connectivity index (χ0n) is 9.85. The van der Waals surface area contributed by atoms with Gasteiger partial charge in [-0.05, 0) is 31.2 Å². The molecule has 0 fully saturated rings. The fourth-order valence-electron chi connectivity index (χ4n) is 1.51. The quantitative estimate of drug-likeness (QED) is 0.811. The van der Waals surface area contributed by atoms with E-state index in [2.05, 4.69) is 15.2 Å². The van der Waals surface area contributed by atoms with Crippen LogP contribution in [-0.2, 0) is 0 Å². The lowest BCUT2D eigenvalue weighted by Crippen LogP contribution is -1.89. The van der Waals surface area contributed by atoms with Gasteiger partial charge in [0.05, 0.1) is 6.04 Å². The third kappa shape index (κ3) is 2.82. The molecule has 0 radical (unpaired) electrons. The van der Waals surface area contributed by atoms with E-state index < -0.39 is 0 Å². The van der Waals surface area contributed by atoms with Crippen molar-refractivity contribution in [2.75, 3.05) is 0 Å². The predicted octanol–water partition coefficient (Wildman–Crippen LogP) is 3.34. The van der Waals surface area contributed by atoms with Crippen LogP contribution in [0, 0.1) is 0 Å². The van der Waals surface area contributed by atoms with Gasteiger partial charge in [0.1, 0.15) is 11.5 Å². The highest BCUT2D eigenvalue weighted by atomic mass is 16.3. The maximum atomic E-state index is 9.68. The molecule has 0 bridgehead atoms. The predicted molar refractivity (Wildman–Crippen MR) is 66.9 cm³/mol. The highest BCUT2D eigenvalue weighted by molar-refractivity contribution is 5.40. The van der Waals surface area contributed by atoms with Crippen molar-refractivity contribution in [1.29, 1.82) is 0 Å². The lowest BCUT2D eigenvalue weighted by atomic mass is 10.1. The molecule has 0 saturated heterocycles. The van der Waals surface area contributed by atoms with Crippen molar-refractivity contribution < 1.29 is 10.2 Å². The topological polar surface area (TPSA) is 78.1 Å². The van der Waals surface area contributed by atoms with Gasteiger partial charge in [-0.3, -0.25) is 0 Å². The van der Waals surface area contributed by atoms with Gasteiger partial charge < -0.3 is 10.2 Å². The molecule has 5 heteroatoms. The Balaban J connectivity index is 2.17. The van der Waals surface area contributed by atoms with E-state index in [0.29, 0.717) is 11.4 Å². The molecule has 1 atom stereocenters. The van der Waals surface area contributed by atoms with Crippen molar-refractivity contribution in [1.82, 2.24) is 4.98 Å². The summed E-state index contributed by atoms with van der Waals surface area (Å²) in [5, 5.41) is 26.9. The second kappa shape index (κ2) is 5.27. The van der Waals surface area contributed by atoms with Crippen molar-refractivity contribution in [3.05, 3.63) is 48.2 Å². The van der Waals surface area contributed by atoms with Gasteiger partial charge in [0.25, 0.3) is 0 Å². The monoisotopic (exact) mass is 243 g/mol. The zero-order chi connectivity index (χ0) is 13.0. The van der Waals surface area contributed by atoms with E-state index in [0.717, 1.165) is 0 Å². The smallest absolute Gasteiger partial charge is 0.173 e. The molecule has 1 aromatic carbocycles. The van der Waals surface area contributed by atoms with Crippen LogP contribution in [0.3, 0.4) is 0 Å². The van der Waals surface area contributed by atoms with Crippen molar-refractivity contribution in [3.8, 4) is 11.5 Å². The number of nitrogens with zero attached hydrogens (tertiary/aromatic N) is 3. The Bertz CT molecular complexity index is 555. The summed E-state index contributed by atoms with van der Waals surface area (Å²) in [4.78, 5) is 4.02. The standard InChI is InChI=1S/C13H13N3O2/c1-9(11-6-5-10(17)8-12(11)18)15-16-13-4-2-3-7-14-13/h2-9,17-18H,1H3. The molecular formula is C13H13N3O2. The molecule has 92 valence electrons. The minimum absolute atomic E-state index is 0.00229. The van der Waals surface area contributed by atoms with Gasteiger partial charge in [-0.1, -0.05) is 6.07 Å². The lowest BCUT2D eigenvalue weighted by molar-refractivity contribution is 0.442. The third-order valence-electron chi connectivity index (χ3n) is 2.45. The Labute approximate surface area is 104 Å². The van der Waals surface area contributed by atoms with Gasteiger partial charge in [-0.15, -0.1) is 5.11 Å². The van der Waals surface area contributed by atoms with Crippen LogP contribution in [0.4, 0.5) is 5.82 Å². The number of phenols is 2. The average molecular weight is 243 g/mol. The van der Waals surface area contributed by atoms with Crippen LogP contribution in [0.2, 0.25) is 0 Å². The summed E-state index contributed by atoms with van der Waals surface area (Å²) in [6.07, 6.45) is 1.64. The molecule has 5 nitrogen and oxygen atoms in total. The number of hydrogen-bond donors (Lipinski definition) is 2. The average Bonchev–Trinajstić information content (AvgIpc) is 2.37. The maximum absolute atomic E-state index is 9.68. The molecule has 2 aromatic rings. The summed E-state index contributed by atoms with van der Waals surface area (Å²) in [6.45, 7) is 1.80. The molecule has 0 aliphatic rings. The lowest BCUT2D eigenvalue weighted by Gasteiger charge is -2.07. The number of rotatable bonds is 3. The fraction of sp³-hybridized carbons (Fsp3) is 0.154. The van der Waals surface area contributed by atoms with Crippen LogP contribution in [0.25, 0.3) is 0 Å². The van der Waals surface area contributed by atoms with Gasteiger partial charge in [0, 0.05) is 17.8 Å². The maximum Gasteiger partial charge on any atom is 0.173 e. The number of aromatic nitrogens is 1. The minimum Gasteiger partial charge on any atom is -0.508 e. The molecule has 0 aliphatic carbocycles. The minimum atomic E-state index is -0.312. The van der Waals surface area contributed by atoms with Crippen LogP contribution in [0.15, 0.2) is 52.8 Å². The summed E-state index contributed by atoms with van der Waals surface area (Å²) in [7, 11) is 0. The fourth-order valence-corrected chi connectivity index (χ4v) is 1.51. The third-order valence-corrected chi connectivity index (χ3v) is 2.45. The van der Waals surface area contributed by atoms with Gasteiger partial charge in [-0.2, -0.15) is 5.11 Å². The Morgan fingerprint density at radius 2 is 2.00 bits per heavy atom. The molecule has 1 heterocycles. The molecule has 0 aliphatic heterocycles. The Morgan fingerprint density at radius 1 is 1.17 bits per heavy atom. The SMILES string of the molecule is CC(N=Nc1ccccn1)c1ccc(O)cc1O. The van der Waals surface area contributed by atoms with Crippen molar-refractivity contribution in [3.63, 3.8) is 0 Å². The first-order valence-corrected chi connectivity index (χ1v) is 5.50. The van der Waals surface area contributed by atoms with E-state index in [-0.39, 0.29) is 17.5 Å². The van der Waals surface area contributed by atoms with Crippen molar-refractivity contribution in [2.24, 2.45) is 10.2 Å². The number of azo groups is 1. The number of hydrogen-bond acceptors (Lipinski definition) is 5. The van der Waals surface area contributed by atoms with Crippen LogP contribution in [0.1, 0.15) is 18.5 Å². The van der Waals surface area contributed by atoms with Crippen LogP contribution >= 0.6 is 0 Å². The van der Waals surface area contributed by atoms with E-state index >= 15 is 0 Å². The van der Waals surface area contributed by atoms with E-state index in [1.54, 1.807) is 31.3 Å².